The minimum Gasteiger partial charge on any atom is -0.456 e. The maximum absolute atomic E-state index is 6.50. The van der Waals surface area contributed by atoms with Crippen LogP contribution in [-0.4, -0.2) is 15.0 Å². The number of hydrogen-bond acceptors (Lipinski definition) is 5. The van der Waals surface area contributed by atoms with E-state index >= 15 is 0 Å². The molecule has 11 rings (SSSR count). The molecule has 0 aliphatic rings. The number of fused-ring (bicyclic) bond motifs is 6. The lowest BCUT2D eigenvalue weighted by Crippen LogP contribution is -2.00. The molecular weight excluding hydrogens is 687 g/mol. The molecule has 0 saturated carbocycles. The Labute approximate surface area is 322 Å². The van der Waals surface area contributed by atoms with Gasteiger partial charge in [0, 0.05) is 32.7 Å². The molecule has 5 heteroatoms. The van der Waals surface area contributed by atoms with Crippen molar-refractivity contribution in [2.45, 2.75) is 0 Å². The van der Waals surface area contributed by atoms with E-state index in [1.807, 2.05) is 60.7 Å². The van der Waals surface area contributed by atoms with E-state index in [1.54, 1.807) is 0 Å². The zero-order valence-corrected chi connectivity index (χ0v) is 30.1. The number of hydrogen-bond donors (Lipinski definition) is 0. The molecular formula is C51H31N3O2. The van der Waals surface area contributed by atoms with Crippen LogP contribution in [0.4, 0.5) is 0 Å². The highest BCUT2D eigenvalue weighted by molar-refractivity contribution is 6.13. The topological polar surface area (TPSA) is 65.0 Å². The summed E-state index contributed by atoms with van der Waals surface area (Å²) in [7, 11) is 0. The molecule has 5 nitrogen and oxygen atoms in total. The highest BCUT2D eigenvalue weighted by Gasteiger charge is 2.19. The van der Waals surface area contributed by atoms with Crippen LogP contribution in [0.25, 0.3) is 111 Å². The van der Waals surface area contributed by atoms with Crippen LogP contribution in [0.2, 0.25) is 0 Å². The molecule has 0 saturated heterocycles. The Bertz CT molecular complexity index is 3240. The van der Waals surface area contributed by atoms with E-state index < -0.39 is 0 Å². The van der Waals surface area contributed by atoms with Crippen molar-refractivity contribution in [1.82, 2.24) is 15.0 Å². The summed E-state index contributed by atoms with van der Waals surface area (Å²) in [6, 6.07) is 64.6. The summed E-state index contributed by atoms with van der Waals surface area (Å²) in [6.07, 6.45) is 0. The van der Waals surface area contributed by atoms with Gasteiger partial charge in [-0.15, -0.1) is 0 Å². The summed E-state index contributed by atoms with van der Waals surface area (Å²) in [5, 5.41) is 4.19. The molecule has 3 heterocycles. The molecule has 0 atom stereocenters. The van der Waals surface area contributed by atoms with Gasteiger partial charge < -0.3 is 8.83 Å². The van der Waals surface area contributed by atoms with Crippen molar-refractivity contribution in [1.29, 1.82) is 0 Å². The van der Waals surface area contributed by atoms with Gasteiger partial charge in [-0.05, 0) is 69.8 Å². The Morgan fingerprint density at radius 1 is 0.286 bits per heavy atom. The molecule has 11 aromatic rings. The predicted octanol–water partition coefficient (Wildman–Crippen LogP) is 13.7. The average Bonchev–Trinajstić information content (AvgIpc) is 3.85. The van der Waals surface area contributed by atoms with Gasteiger partial charge in [-0.1, -0.05) is 152 Å². The lowest BCUT2D eigenvalue weighted by atomic mass is 9.98. The maximum atomic E-state index is 6.50. The SMILES string of the molecule is c1ccc(-c2cccc(-c3ccc(-c4nc(-c5ccc6c(c5)oc5cccc(-c7ccccc7)c56)nc(-c5cccc6c5oc5ccccc56)n4)cc3)c2)cc1. The number of nitrogens with zero attached hydrogens (tertiary/aromatic N) is 3. The maximum Gasteiger partial charge on any atom is 0.167 e. The van der Waals surface area contributed by atoms with E-state index in [-0.39, 0.29) is 0 Å². The van der Waals surface area contributed by atoms with Crippen LogP contribution < -0.4 is 0 Å². The number of aromatic nitrogens is 3. The van der Waals surface area contributed by atoms with E-state index in [9.17, 15) is 0 Å². The first-order chi connectivity index (χ1) is 27.7. The molecule has 0 aliphatic heterocycles. The standard InChI is InChI=1S/C51H31N3O2/c1-3-12-32(13-4-1)36-16-9-17-37(30-36)33-24-26-35(27-25-33)49-52-50(54-51(53-49)43-21-10-20-41-40-18-7-8-22-44(40)56-48(41)43)38-28-29-42-46(31-38)55-45-23-11-19-39(47(42)45)34-14-5-2-6-15-34/h1-31H. The van der Waals surface area contributed by atoms with Crippen molar-refractivity contribution in [3.05, 3.63) is 188 Å². The molecule has 0 bridgehead atoms. The third-order valence-corrected chi connectivity index (χ3v) is 10.6. The molecule has 8 aromatic carbocycles. The monoisotopic (exact) mass is 717 g/mol. The van der Waals surface area contributed by atoms with Gasteiger partial charge >= 0.3 is 0 Å². The molecule has 0 unspecified atom stereocenters. The van der Waals surface area contributed by atoms with Gasteiger partial charge in [0.2, 0.25) is 0 Å². The van der Waals surface area contributed by atoms with Crippen LogP contribution in [0.3, 0.4) is 0 Å². The van der Waals surface area contributed by atoms with Crippen LogP contribution in [-0.2, 0) is 0 Å². The van der Waals surface area contributed by atoms with Gasteiger partial charge in [0.05, 0.1) is 5.56 Å². The van der Waals surface area contributed by atoms with Gasteiger partial charge in [0.15, 0.2) is 17.5 Å². The van der Waals surface area contributed by atoms with Crippen molar-refractivity contribution in [3.8, 4) is 67.5 Å². The van der Waals surface area contributed by atoms with Crippen molar-refractivity contribution >= 4 is 43.9 Å². The smallest absolute Gasteiger partial charge is 0.167 e. The van der Waals surface area contributed by atoms with Gasteiger partial charge in [0.1, 0.15) is 22.3 Å². The fraction of sp³-hybridized carbons (Fsp3) is 0. The molecule has 0 fully saturated rings. The second-order valence-electron chi connectivity index (χ2n) is 14.0. The summed E-state index contributed by atoms with van der Waals surface area (Å²) >= 11 is 0. The van der Waals surface area contributed by atoms with Crippen LogP contribution >= 0.6 is 0 Å². The molecule has 262 valence electrons. The number of benzene rings is 8. The van der Waals surface area contributed by atoms with Crippen LogP contribution in [0.5, 0.6) is 0 Å². The molecule has 0 amide bonds. The van der Waals surface area contributed by atoms with Crippen LogP contribution in [0, 0.1) is 0 Å². The fourth-order valence-corrected chi connectivity index (χ4v) is 7.82. The number of para-hydroxylation sites is 2. The first kappa shape index (κ1) is 31.9. The highest BCUT2D eigenvalue weighted by atomic mass is 16.3. The highest BCUT2D eigenvalue weighted by Crippen LogP contribution is 2.39. The average molecular weight is 718 g/mol. The third kappa shape index (κ3) is 5.45. The van der Waals surface area contributed by atoms with E-state index in [2.05, 4.69) is 127 Å². The van der Waals surface area contributed by atoms with E-state index in [4.69, 9.17) is 23.8 Å². The Kier molecular flexibility index (Phi) is 7.42. The van der Waals surface area contributed by atoms with E-state index in [0.29, 0.717) is 17.5 Å². The number of furan rings is 2. The Balaban J connectivity index is 1.05. The number of rotatable bonds is 6. The second-order valence-corrected chi connectivity index (χ2v) is 14.0. The lowest BCUT2D eigenvalue weighted by Gasteiger charge is -2.10. The summed E-state index contributed by atoms with van der Waals surface area (Å²) in [5.41, 5.74) is 12.6. The second kappa shape index (κ2) is 13.0. The quantitative estimate of drug-likeness (QED) is 0.171. The van der Waals surface area contributed by atoms with Gasteiger partial charge in [-0.3, -0.25) is 0 Å². The van der Waals surface area contributed by atoms with E-state index in [0.717, 1.165) is 82.8 Å². The van der Waals surface area contributed by atoms with Crippen molar-refractivity contribution < 1.29 is 8.83 Å². The lowest BCUT2D eigenvalue weighted by molar-refractivity contribution is 0.668. The fourth-order valence-electron chi connectivity index (χ4n) is 7.82. The van der Waals surface area contributed by atoms with Crippen molar-refractivity contribution in [2.75, 3.05) is 0 Å². The summed E-state index contributed by atoms with van der Waals surface area (Å²) in [5.74, 6) is 1.65. The van der Waals surface area contributed by atoms with Crippen molar-refractivity contribution in [3.63, 3.8) is 0 Å². The van der Waals surface area contributed by atoms with Crippen LogP contribution in [0.1, 0.15) is 0 Å². The Morgan fingerprint density at radius 3 is 1.64 bits per heavy atom. The Morgan fingerprint density at radius 2 is 0.839 bits per heavy atom. The predicted molar refractivity (Wildman–Crippen MR) is 227 cm³/mol. The van der Waals surface area contributed by atoms with Crippen LogP contribution in [0.15, 0.2) is 197 Å². The summed E-state index contributed by atoms with van der Waals surface area (Å²) < 4.78 is 13.0. The first-order valence-corrected chi connectivity index (χ1v) is 18.7. The largest absolute Gasteiger partial charge is 0.456 e. The first-order valence-electron chi connectivity index (χ1n) is 18.7. The van der Waals surface area contributed by atoms with E-state index in [1.165, 1.54) is 11.1 Å². The third-order valence-electron chi connectivity index (χ3n) is 10.6. The minimum atomic E-state index is 0.533. The molecule has 0 spiro atoms. The molecule has 0 N–H and O–H groups in total. The normalized spacial score (nSPS) is 11.6. The van der Waals surface area contributed by atoms with Crippen molar-refractivity contribution in [2.24, 2.45) is 0 Å². The van der Waals surface area contributed by atoms with Gasteiger partial charge in [0.25, 0.3) is 0 Å². The van der Waals surface area contributed by atoms with Gasteiger partial charge in [-0.25, -0.2) is 15.0 Å². The van der Waals surface area contributed by atoms with Gasteiger partial charge in [-0.2, -0.15) is 0 Å². The molecule has 0 aliphatic carbocycles. The zero-order valence-electron chi connectivity index (χ0n) is 30.1. The minimum absolute atomic E-state index is 0.533. The summed E-state index contributed by atoms with van der Waals surface area (Å²) in [6.45, 7) is 0. The molecule has 3 aromatic heterocycles. The summed E-state index contributed by atoms with van der Waals surface area (Å²) in [4.78, 5) is 15.3. The zero-order chi connectivity index (χ0) is 37.0. The molecule has 56 heavy (non-hydrogen) atoms. The molecule has 0 radical (unpaired) electrons. The Hall–Kier alpha value is -7.63.